The van der Waals surface area contributed by atoms with Gasteiger partial charge in [0.25, 0.3) is 0 Å². The normalized spacial score (nSPS) is 11.6. The van der Waals surface area contributed by atoms with Crippen molar-refractivity contribution in [1.82, 2.24) is 20.3 Å². The number of hydrogen-bond acceptors (Lipinski definition) is 5. The van der Waals surface area contributed by atoms with Gasteiger partial charge in [-0.25, -0.2) is 4.98 Å². The maximum absolute atomic E-state index is 9.11. The Morgan fingerprint density at radius 3 is 2.63 bits per heavy atom. The molecule has 0 fully saturated rings. The lowest BCUT2D eigenvalue weighted by Gasteiger charge is -2.13. The lowest BCUT2D eigenvalue weighted by molar-refractivity contribution is 0.283. The van der Waals surface area contributed by atoms with Crippen LogP contribution in [0.5, 0.6) is 0 Å². The standard InChI is InChI=1S/C24H21N5O/c1-26-23(24-28-20-10-7-17(14-25)12-21(20)29-24)22(30-2)13-16-5-8-18(9-6-16)19-4-3-11-27-15-19/h3-12,15,26H,13H2,1-2H3,(H,28,29)/b23-22+. The van der Waals surface area contributed by atoms with E-state index in [0.717, 1.165) is 39.2 Å². The number of aromatic nitrogens is 3. The first-order valence-corrected chi connectivity index (χ1v) is 9.56. The molecule has 148 valence electrons. The monoisotopic (exact) mass is 395 g/mol. The van der Waals surface area contributed by atoms with Gasteiger partial charge in [0.1, 0.15) is 11.5 Å². The summed E-state index contributed by atoms with van der Waals surface area (Å²) in [4.78, 5) is 12.1. The number of aromatic amines is 1. The summed E-state index contributed by atoms with van der Waals surface area (Å²) >= 11 is 0. The number of nitrogens with zero attached hydrogens (tertiary/aromatic N) is 3. The second-order valence-corrected chi connectivity index (χ2v) is 6.80. The zero-order chi connectivity index (χ0) is 20.9. The number of hydrogen-bond donors (Lipinski definition) is 2. The van der Waals surface area contributed by atoms with Crippen LogP contribution in [0.4, 0.5) is 0 Å². The quantitative estimate of drug-likeness (QED) is 0.476. The maximum atomic E-state index is 9.11. The SMILES string of the molecule is CN/C(=C(\Cc1ccc(-c2cccnc2)cc1)OC)c1nc2ccc(C#N)cc2[nH]1. The minimum absolute atomic E-state index is 0.591. The number of benzene rings is 2. The number of pyridine rings is 1. The van der Waals surface area contributed by atoms with E-state index in [1.165, 1.54) is 0 Å². The van der Waals surface area contributed by atoms with Crippen LogP contribution in [0.25, 0.3) is 27.9 Å². The Labute approximate surface area is 174 Å². The third-order valence-corrected chi connectivity index (χ3v) is 4.94. The summed E-state index contributed by atoms with van der Waals surface area (Å²) in [6, 6.07) is 19.9. The highest BCUT2D eigenvalue weighted by Gasteiger charge is 2.14. The Kier molecular flexibility index (Phi) is 5.44. The van der Waals surface area contributed by atoms with Gasteiger partial charge in [-0.05, 0) is 41.0 Å². The fourth-order valence-corrected chi connectivity index (χ4v) is 3.38. The second kappa shape index (κ2) is 8.50. The van der Waals surface area contributed by atoms with E-state index in [2.05, 4.69) is 50.6 Å². The Balaban J connectivity index is 1.64. The molecule has 6 nitrogen and oxygen atoms in total. The maximum Gasteiger partial charge on any atom is 0.158 e. The molecule has 4 aromatic rings. The smallest absolute Gasteiger partial charge is 0.158 e. The van der Waals surface area contributed by atoms with Crippen LogP contribution >= 0.6 is 0 Å². The summed E-state index contributed by atoms with van der Waals surface area (Å²) in [5.41, 5.74) is 6.31. The van der Waals surface area contributed by atoms with E-state index in [4.69, 9.17) is 10.00 Å². The molecule has 0 unspecified atom stereocenters. The average Bonchev–Trinajstić information content (AvgIpc) is 3.22. The van der Waals surface area contributed by atoms with Crippen molar-refractivity contribution in [3.63, 3.8) is 0 Å². The lowest BCUT2D eigenvalue weighted by Crippen LogP contribution is -2.12. The Hall–Kier alpha value is -4.11. The third-order valence-electron chi connectivity index (χ3n) is 4.94. The molecule has 0 aliphatic rings. The molecule has 2 N–H and O–H groups in total. The molecule has 0 radical (unpaired) electrons. The minimum atomic E-state index is 0.591. The van der Waals surface area contributed by atoms with Gasteiger partial charge >= 0.3 is 0 Å². The van der Waals surface area contributed by atoms with Crippen molar-refractivity contribution in [3.8, 4) is 17.2 Å². The highest BCUT2D eigenvalue weighted by Crippen LogP contribution is 2.23. The zero-order valence-corrected chi connectivity index (χ0v) is 16.8. The van der Waals surface area contributed by atoms with Crippen molar-refractivity contribution in [1.29, 1.82) is 5.26 Å². The number of methoxy groups -OCH3 is 1. The van der Waals surface area contributed by atoms with Crippen LogP contribution in [0.2, 0.25) is 0 Å². The molecule has 2 heterocycles. The molecule has 2 aromatic heterocycles. The number of allylic oxidation sites excluding steroid dienone is 1. The summed E-state index contributed by atoms with van der Waals surface area (Å²) in [5, 5.41) is 12.3. The summed E-state index contributed by atoms with van der Waals surface area (Å²) in [6.07, 6.45) is 4.24. The predicted octanol–water partition coefficient (Wildman–Crippen LogP) is 4.27. The lowest BCUT2D eigenvalue weighted by atomic mass is 10.0. The van der Waals surface area contributed by atoms with Gasteiger partial charge in [0, 0.05) is 25.9 Å². The average molecular weight is 395 g/mol. The largest absolute Gasteiger partial charge is 0.498 e. The van der Waals surface area contributed by atoms with Gasteiger partial charge in [-0.15, -0.1) is 0 Å². The summed E-state index contributed by atoms with van der Waals surface area (Å²) in [7, 11) is 3.50. The zero-order valence-electron chi connectivity index (χ0n) is 16.8. The van der Waals surface area contributed by atoms with Gasteiger partial charge in [0.05, 0.1) is 29.8 Å². The highest BCUT2D eigenvalue weighted by atomic mass is 16.5. The first kappa shape index (κ1) is 19.2. The number of ether oxygens (including phenoxy) is 1. The van der Waals surface area contributed by atoms with E-state index in [0.29, 0.717) is 17.8 Å². The van der Waals surface area contributed by atoms with Gasteiger partial charge in [0.2, 0.25) is 0 Å². The molecule has 0 bridgehead atoms. The fraction of sp³-hybridized carbons (Fsp3) is 0.125. The molecular weight excluding hydrogens is 374 g/mol. The molecule has 0 saturated carbocycles. The molecule has 0 aliphatic carbocycles. The van der Waals surface area contributed by atoms with Crippen LogP contribution in [-0.2, 0) is 11.2 Å². The van der Waals surface area contributed by atoms with Crippen LogP contribution in [0, 0.1) is 11.3 Å². The molecule has 4 rings (SSSR count). The second-order valence-electron chi connectivity index (χ2n) is 6.80. The van der Waals surface area contributed by atoms with Crippen molar-refractivity contribution in [3.05, 3.63) is 89.7 Å². The van der Waals surface area contributed by atoms with Gasteiger partial charge in [-0.2, -0.15) is 5.26 Å². The van der Waals surface area contributed by atoms with Crippen molar-refractivity contribution in [2.45, 2.75) is 6.42 Å². The molecule has 0 amide bonds. The fourth-order valence-electron chi connectivity index (χ4n) is 3.38. The number of fused-ring (bicyclic) bond motifs is 1. The van der Waals surface area contributed by atoms with Gasteiger partial charge in [0.15, 0.2) is 5.82 Å². The van der Waals surface area contributed by atoms with Crippen molar-refractivity contribution in [2.75, 3.05) is 14.2 Å². The van der Waals surface area contributed by atoms with E-state index < -0.39 is 0 Å². The highest BCUT2D eigenvalue weighted by molar-refractivity contribution is 5.80. The van der Waals surface area contributed by atoms with E-state index in [1.54, 1.807) is 25.4 Å². The first-order valence-electron chi connectivity index (χ1n) is 9.56. The first-order chi connectivity index (χ1) is 14.7. The summed E-state index contributed by atoms with van der Waals surface area (Å²) < 4.78 is 5.71. The van der Waals surface area contributed by atoms with E-state index in [-0.39, 0.29) is 0 Å². The third kappa shape index (κ3) is 3.87. The number of rotatable bonds is 6. The van der Waals surface area contributed by atoms with Gasteiger partial charge in [-0.3, -0.25) is 4.98 Å². The van der Waals surface area contributed by atoms with Gasteiger partial charge < -0.3 is 15.0 Å². The van der Waals surface area contributed by atoms with E-state index in [1.807, 2.05) is 31.4 Å². The molecule has 30 heavy (non-hydrogen) atoms. The molecule has 0 spiro atoms. The molecule has 0 saturated heterocycles. The minimum Gasteiger partial charge on any atom is -0.498 e. The number of H-pyrrole nitrogens is 1. The Bertz CT molecular complexity index is 1230. The van der Waals surface area contributed by atoms with Crippen molar-refractivity contribution in [2.24, 2.45) is 0 Å². The number of nitriles is 1. The van der Waals surface area contributed by atoms with E-state index in [9.17, 15) is 0 Å². The Morgan fingerprint density at radius 1 is 1.13 bits per heavy atom. The molecule has 6 heteroatoms. The van der Waals surface area contributed by atoms with Crippen LogP contribution in [-0.4, -0.2) is 29.1 Å². The van der Waals surface area contributed by atoms with Crippen molar-refractivity contribution >= 4 is 16.7 Å². The van der Waals surface area contributed by atoms with Crippen LogP contribution in [0.3, 0.4) is 0 Å². The molecule has 0 aliphatic heterocycles. The molecule has 2 aromatic carbocycles. The van der Waals surface area contributed by atoms with E-state index >= 15 is 0 Å². The van der Waals surface area contributed by atoms with Gasteiger partial charge in [-0.1, -0.05) is 30.3 Å². The molecular formula is C24H21N5O. The summed E-state index contributed by atoms with van der Waals surface area (Å²) in [6.45, 7) is 0. The topological polar surface area (TPSA) is 86.6 Å². The number of nitrogens with one attached hydrogen (secondary N) is 2. The number of imidazole rings is 1. The van der Waals surface area contributed by atoms with Crippen LogP contribution in [0.1, 0.15) is 17.0 Å². The van der Waals surface area contributed by atoms with Crippen LogP contribution < -0.4 is 5.32 Å². The molecule has 0 atom stereocenters. The predicted molar refractivity (Wildman–Crippen MR) is 117 cm³/mol. The van der Waals surface area contributed by atoms with Crippen molar-refractivity contribution < 1.29 is 4.74 Å². The Morgan fingerprint density at radius 2 is 1.97 bits per heavy atom. The van der Waals surface area contributed by atoms with Crippen LogP contribution in [0.15, 0.2) is 72.8 Å². The summed E-state index contributed by atoms with van der Waals surface area (Å²) in [5.74, 6) is 1.44.